The molecule has 2 aromatic heterocycles. The van der Waals surface area contributed by atoms with Crippen molar-refractivity contribution in [3.05, 3.63) is 131 Å². The fourth-order valence-electron chi connectivity index (χ4n) is 5.07. The van der Waals surface area contributed by atoms with Crippen molar-refractivity contribution >= 4 is 35.7 Å². The lowest BCUT2D eigenvalue weighted by Gasteiger charge is -2.16. The minimum Gasteiger partial charge on any atom is -0.449 e. The highest BCUT2D eigenvalue weighted by molar-refractivity contribution is 7.99. The third-order valence-corrected chi connectivity index (χ3v) is 8.61. The van der Waals surface area contributed by atoms with Crippen molar-refractivity contribution in [3.8, 4) is 22.4 Å². The SMILES string of the molecule is O=Cc1cccnc1Sc1c(Cl)cc(-c2ccccn2)cc1CNC(=O)OCC1c2ccccc2-c2ccccc21. The van der Waals surface area contributed by atoms with Gasteiger partial charge in [-0.1, -0.05) is 78.0 Å². The molecule has 2 heterocycles. The summed E-state index contributed by atoms with van der Waals surface area (Å²) >= 11 is 8.06. The molecule has 202 valence electrons. The topological polar surface area (TPSA) is 81.2 Å². The van der Waals surface area contributed by atoms with E-state index >= 15 is 0 Å². The van der Waals surface area contributed by atoms with Crippen LogP contribution < -0.4 is 5.32 Å². The highest BCUT2D eigenvalue weighted by Crippen LogP contribution is 2.44. The van der Waals surface area contributed by atoms with Crippen molar-refractivity contribution in [2.45, 2.75) is 22.4 Å². The van der Waals surface area contributed by atoms with Crippen molar-refractivity contribution in [2.24, 2.45) is 0 Å². The molecule has 0 saturated carbocycles. The van der Waals surface area contributed by atoms with Gasteiger partial charge in [-0.05, 0) is 64.2 Å². The third-order valence-electron chi connectivity index (χ3n) is 6.97. The summed E-state index contributed by atoms with van der Waals surface area (Å²) in [6.07, 6.45) is 3.57. The van der Waals surface area contributed by atoms with Gasteiger partial charge in [0.05, 0.1) is 10.7 Å². The molecule has 1 aliphatic carbocycles. The van der Waals surface area contributed by atoms with Crippen LogP contribution in [0.1, 0.15) is 33.0 Å². The van der Waals surface area contributed by atoms with E-state index in [2.05, 4.69) is 39.6 Å². The number of hydrogen-bond donors (Lipinski definition) is 1. The molecule has 6 rings (SSSR count). The summed E-state index contributed by atoms with van der Waals surface area (Å²) in [7, 11) is 0. The zero-order valence-corrected chi connectivity index (χ0v) is 23.4. The number of carbonyl (C=O) groups excluding carboxylic acids is 2. The Morgan fingerprint density at radius 1 is 0.902 bits per heavy atom. The minimum absolute atomic E-state index is 0.0351. The van der Waals surface area contributed by atoms with Crippen LogP contribution in [0, 0.1) is 0 Å². The van der Waals surface area contributed by atoms with Crippen LogP contribution >= 0.6 is 23.4 Å². The third kappa shape index (κ3) is 5.59. The van der Waals surface area contributed by atoms with Gasteiger partial charge in [0.1, 0.15) is 11.6 Å². The summed E-state index contributed by atoms with van der Waals surface area (Å²) in [5, 5.41) is 3.88. The standard InChI is InChI=1S/C33H24ClN3O3S/c34-29-17-22(30-13-5-6-14-35-30)16-23(31(29)41-32-21(19-38)8-7-15-36-32)18-37-33(39)40-20-28-26-11-3-1-9-24(26)25-10-2-4-12-27(25)28/h1-17,19,28H,18,20H2,(H,37,39). The normalized spacial score (nSPS) is 11.9. The summed E-state index contributed by atoms with van der Waals surface area (Å²) in [6, 6.07) is 29.2. The first-order valence-corrected chi connectivity index (χ1v) is 14.2. The number of ether oxygens (including phenoxy) is 1. The number of amides is 1. The van der Waals surface area contributed by atoms with E-state index in [0.29, 0.717) is 20.5 Å². The van der Waals surface area contributed by atoms with E-state index in [9.17, 15) is 9.59 Å². The molecule has 0 fully saturated rings. The number of aromatic nitrogens is 2. The number of aldehydes is 1. The average Bonchev–Trinajstić information content (AvgIpc) is 3.34. The molecule has 1 N–H and O–H groups in total. The van der Waals surface area contributed by atoms with Gasteiger partial charge in [0.25, 0.3) is 0 Å². The number of fused-ring (bicyclic) bond motifs is 3. The van der Waals surface area contributed by atoms with Crippen LogP contribution in [0.3, 0.4) is 0 Å². The Balaban J connectivity index is 1.23. The number of halogens is 1. The molecule has 0 radical (unpaired) electrons. The molecule has 0 bridgehead atoms. The van der Waals surface area contributed by atoms with Crippen LogP contribution in [0.15, 0.2) is 113 Å². The maximum atomic E-state index is 13.0. The van der Waals surface area contributed by atoms with Gasteiger partial charge in [0.2, 0.25) is 0 Å². The van der Waals surface area contributed by atoms with Crippen molar-refractivity contribution in [2.75, 3.05) is 6.61 Å². The summed E-state index contributed by atoms with van der Waals surface area (Å²) < 4.78 is 5.74. The largest absolute Gasteiger partial charge is 0.449 e. The van der Waals surface area contributed by atoms with E-state index in [-0.39, 0.29) is 19.1 Å². The fourth-order valence-corrected chi connectivity index (χ4v) is 6.38. The zero-order chi connectivity index (χ0) is 28.2. The summed E-state index contributed by atoms with van der Waals surface area (Å²) in [6.45, 7) is 0.371. The highest BCUT2D eigenvalue weighted by Gasteiger charge is 2.29. The van der Waals surface area contributed by atoms with E-state index in [0.717, 1.165) is 34.2 Å². The van der Waals surface area contributed by atoms with E-state index in [1.807, 2.05) is 54.6 Å². The van der Waals surface area contributed by atoms with E-state index in [1.165, 1.54) is 22.9 Å². The Morgan fingerprint density at radius 2 is 1.61 bits per heavy atom. The Bertz CT molecular complexity index is 1700. The van der Waals surface area contributed by atoms with Crippen LogP contribution in [0.25, 0.3) is 22.4 Å². The van der Waals surface area contributed by atoms with Gasteiger partial charge in [-0.2, -0.15) is 0 Å². The molecule has 0 aliphatic heterocycles. The number of hydrogen-bond acceptors (Lipinski definition) is 6. The minimum atomic E-state index is -0.534. The summed E-state index contributed by atoms with van der Waals surface area (Å²) in [5.41, 5.74) is 7.40. The average molecular weight is 578 g/mol. The van der Waals surface area contributed by atoms with Crippen LogP contribution in [-0.4, -0.2) is 29.0 Å². The molecule has 5 aromatic rings. The molecule has 3 aromatic carbocycles. The number of rotatable bonds is 8. The van der Waals surface area contributed by atoms with E-state index in [4.69, 9.17) is 16.3 Å². The molecule has 0 atom stereocenters. The molecule has 1 amide bonds. The second kappa shape index (κ2) is 12.0. The first kappa shape index (κ1) is 26.7. The Kier molecular flexibility index (Phi) is 7.80. The quantitative estimate of drug-likeness (QED) is 0.189. The lowest BCUT2D eigenvalue weighted by atomic mass is 9.98. The predicted molar refractivity (Wildman–Crippen MR) is 160 cm³/mol. The first-order chi connectivity index (χ1) is 20.1. The molecular weight excluding hydrogens is 554 g/mol. The molecule has 6 nitrogen and oxygen atoms in total. The Labute approximate surface area is 246 Å². The first-order valence-electron chi connectivity index (χ1n) is 13.0. The van der Waals surface area contributed by atoms with Gasteiger partial charge in [-0.3, -0.25) is 9.78 Å². The summed E-state index contributed by atoms with van der Waals surface area (Å²) in [5.74, 6) is -0.0351. The maximum absolute atomic E-state index is 13.0. The van der Waals surface area contributed by atoms with Gasteiger partial charge in [-0.25, -0.2) is 9.78 Å². The smallest absolute Gasteiger partial charge is 0.407 e. The molecular formula is C33H24ClN3O3S. The molecule has 41 heavy (non-hydrogen) atoms. The number of alkyl carbamates (subject to hydrolysis) is 1. The second-order valence-corrected chi connectivity index (χ2v) is 10.9. The van der Waals surface area contributed by atoms with Gasteiger partial charge in [0, 0.05) is 40.9 Å². The molecule has 8 heteroatoms. The van der Waals surface area contributed by atoms with Crippen molar-refractivity contribution in [3.63, 3.8) is 0 Å². The molecule has 1 aliphatic rings. The summed E-state index contributed by atoms with van der Waals surface area (Å²) in [4.78, 5) is 34.1. The van der Waals surface area contributed by atoms with Gasteiger partial charge < -0.3 is 10.1 Å². The van der Waals surface area contributed by atoms with E-state index in [1.54, 1.807) is 24.5 Å². The Morgan fingerprint density at radius 3 is 2.32 bits per heavy atom. The zero-order valence-electron chi connectivity index (χ0n) is 21.8. The van der Waals surface area contributed by atoms with Crippen molar-refractivity contribution < 1.29 is 14.3 Å². The van der Waals surface area contributed by atoms with Crippen molar-refractivity contribution in [1.82, 2.24) is 15.3 Å². The lowest BCUT2D eigenvalue weighted by Crippen LogP contribution is -2.26. The monoisotopic (exact) mass is 577 g/mol. The number of nitrogens with zero attached hydrogens (tertiary/aromatic N) is 2. The molecule has 0 unspecified atom stereocenters. The maximum Gasteiger partial charge on any atom is 0.407 e. The Hall–Kier alpha value is -4.46. The van der Waals surface area contributed by atoms with Crippen molar-refractivity contribution in [1.29, 1.82) is 0 Å². The lowest BCUT2D eigenvalue weighted by molar-refractivity contribution is 0.112. The number of benzene rings is 3. The van der Waals surface area contributed by atoms with Gasteiger partial charge in [0.15, 0.2) is 6.29 Å². The fraction of sp³-hybridized carbons (Fsp3) is 0.0909. The second-order valence-electron chi connectivity index (χ2n) is 9.46. The predicted octanol–water partition coefficient (Wildman–Crippen LogP) is 7.80. The molecule has 0 saturated heterocycles. The number of carbonyl (C=O) groups is 2. The van der Waals surface area contributed by atoms with Crippen LogP contribution in [0.5, 0.6) is 0 Å². The van der Waals surface area contributed by atoms with E-state index < -0.39 is 6.09 Å². The highest BCUT2D eigenvalue weighted by atomic mass is 35.5. The van der Waals surface area contributed by atoms with Gasteiger partial charge >= 0.3 is 6.09 Å². The van der Waals surface area contributed by atoms with Gasteiger partial charge in [-0.15, -0.1) is 0 Å². The number of pyridine rings is 2. The number of nitrogens with one attached hydrogen (secondary N) is 1. The van der Waals surface area contributed by atoms with Crippen LogP contribution in [0.2, 0.25) is 5.02 Å². The van der Waals surface area contributed by atoms with Crippen LogP contribution in [0.4, 0.5) is 4.79 Å². The molecule has 0 spiro atoms. The van der Waals surface area contributed by atoms with Crippen LogP contribution in [-0.2, 0) is 11.3 Å².